The average molecular weight is 234 g/mol. The van der Waals surface area contributed by atoms with Crippen molar-refractivity contribution in [2.45, 2.75) is 6.92 Å². The molecule has 2 saturated heterocycles. The van der Waals surface area contributed by atoms with Crippen molar-refractivity contribution < 1.29 is 4.74 Å². The van der Waals surface area contributed by atoms with Gasteiger partial charge >= 0.3 is 0 Å². The third-order valence-electron chi connectivity index (χ3n) is 3.89. The summed E-state index contributed by atoms with van der Waals surface area (Å²) in [6, 6.07) is 0. The average Bonchev–Trinajstić information content (AvgIpc) is 2.89. The molecule has 0 radical (unpaired) electrons. The first-order chi connectivity index (χ1) is 8.29. The van der Waals surface area contributed by atoms with E-state index in [1.165, 1.54) is 0 Å². The van der Waals surface area contributed by atoms with Crippen LogP contribution in [0.4, 0.5) is 5.82 Å². The Morgan fingerprint density at radius 1 is 1.29 bits per heavy atom. The van der Waals surface area contributed by atoms with E-state index < -0.39 is 0 Å². The van der Waals surface area contributed by atoms with Gasteiger partial charge in [0.15, 0.2) is 0 Å². The molecule has 17 heavy (non-hydrogen) atoms. The molecule has 0 spiro atoms. The molecule has 5 nitrogen and oxygen atoms in total. The lowest BCUT2D eigenvalue weighted by molar-refractivity contribution is 0.393. The summed E-state index contributed by atoms with van der Waals surface area (Å²) in [5, 5.41) is 3.45. The van der Waals surface area contributed by atoms with Gasteiger partial charge in [-0.3, -0.25) is 0 Å². The van der Waals surface area contributed by atoms with Crippen LogP contribution in [0.2, 0.25) is 0 Å². The molecule has 1 N–H and O–H groups in total. The van der Waals surface area contributed by atoms with Crippen LogP contribution in [-0.2, 0) is 0 Å². The van der Waals surface area contributed by atoms with Crippen molar-refractivity contribution in [1.82, 2.24) is 15.3 Å². The minimum Gasteiger partial charge on any atom is -0.481 e. The van der Waals surface area contributed by atoms with Crippen LogP contribution in [-0.4, -0.2) is 43.3 Å². The second-order valence-corrected chi connectivity index (χ2v) is 4.91. The van der Waals surface area contributed by atoms with E-state index in [9.17, 15) is 0 Å². The Morgan fingerprint density at radius 3 is 2.65 bits per heavy atom. The first kappa shape index (κ1) is 10.8. The van der Waals surface area contributed by atoms with E-state index in [0.717, 1.165) is 49.4 Å². The predicted octanol–water partition coefficient (Wildman–Crippen LogP) is 0.449. The number of aromatic nitrogens is 2. The Balaban J connectivity index is 1.85. The molecule has 2 aliphatic heterocycles. The molecule has 1 aromatic rings. The number of anilines is 1. The number of hydrogen-bond donors (Lipinski definition) is 1. The summed E-state index contributed by atoms with van der Waals surface area (Å²) in [5.74, 6) is 3.27. The van der Waals surface area contributed by atoms with Gasteiger partial charge in [0.2, 0.25) is 5.88 Å². The number of methoxy groups -OCH3 is 1. The monoisotopic (exact) mass is 234 g/mol. The van der Waals surface area contributed by atoms with Crippen LogP contribution >= 0.6 is 0 Å². The molecule has 3 heterocycles. The minimum atomic E-state index is 0.685. The van der Waals surface area contributed by atoms with E-state index in [1.54, 1.807) is 13.4 Å². The van der Waals surface area contributed by atoms with Gasteiger partial charge in [-0.1, -0.05) is 0 Å². The molecule has 2 aliphatic rings. The van der Waals surface area contributed by atoms with Gasteiger partial charge in [0.05, 0.1) is 12.7 Å². The second kappa shape index (κ2) is 4.14. The minimum absolute atomic E-state index is 0.685. The van der Waals surface area contributed by atoms with Crippen LogP contribution in [0.5, 0.6) is 5.88 Å². The Labute approximate surface area is 101 Å². The number of fused-ring (bicyclic) bond motifs is 1. The normalized spacial score (nSPS) is 27.3. The highest BCUT2D eigenvalue weighted by Crippen LogP contribution is 2.32. The molecule has 0 bridgehead atoms. The van der Waals surface area contributed by atoms with Crippen molar-refractivity contribution in [2.24, 2.45) is 11.8 Å². The summed E-state index contributed by atoms with van der Waals surface area (Å²) >= 11 is 0. The fourth-order valence-electron chi connectivity index (χ4n) is 2.98. The highest BCUT2D eigenvalue weighted by Gasteiger charge is 2.37. The molecule has 2 atom stereocenters. The van der Waals surface area contributed by atoms with Crippen molar-refractivity contribution >= 4 is 5.82 Å². The Hall–Kier alpha value is -1.36. The van der Waals surface area contributed by atoms with Gasteiger partial charge in [-0.2, -0.15) is 0 Å². The molecular formula is C12H18N4O. The summed E-state index contributed by atoms with van der Waals surface area (Å²) in [6.45, 7) is 6.50. The van der Waals surface area contributed by atoms with E-state index in [2.05, 4.69) is 20.2 Å². The van der Waals surface area contributed by atoms with Gasteiger partial charge in [0.1, 0.15) is 12.1 Å². The largest absolute Gasteiger partial charge is 0.481 e. The predicted molar refractivity (Wildman–Crippen MR) is 65.4 cm³/mol. The zero-order valence-electron chi connectivity index (χ0n) is 10.3. The van der Waals surface area contributed by atoms with E-state index in [0.29, 0.717) is 5.88 Å². The Morgan fingerprint density at radius 2 is 2.00 bits per heavy atom. The molecule has 0 aromatic carbocycles. The van der Waals surface area contributed by atoms with E-state index in [-0.39, 0.29) is 0 Å². The maximum atomic E-state index is 5.25. The number of ether oxygens (including phenoxy) is 1. The summed E-state index contributed by atoms with van der Waals surface area (Å²) in [7, 11) is 1.65. The van der Waals surface area contributed by atoms with Crippen molar-refractivity contribution in [3.8, 4) is 5.88 Å². The molecule has 2 fully saturated rings. The molecule has 0 amide bonds. The van der Waals surface area contributed by atoms with Crippen molar-refractivity contribution in [1.29, 1.82) is 0 Å². The molecule has 0 saturated carbocycles. The van der Waals surface area contributed by atoms with Crippen LogP contribution in [0.3, 0.4) is 0 Å². The number of rotatable bonds is 2. The van der Waals surface area contributed by atoms with E-state index in [4.69, 9.17) is 4.74 Å². The zero-order valence-corrected chi connectivity index (χ0v) is 10.3. The first-order valence-corrected chi connectivity index (χ1v) is 6.11. The van der Waals surface area contributed by atoms with Crippen LogP contribution in [0, 0.1) is 18.8 Å². The highest BCUT2D eigenvalue weighted by molar-refractivity contribution is 5.51. The molecule has 5 heteroatoms. The molecule has 0 unspecified atom stereocenters. The maximum absolute atomic E-state index is 5.25. The standard InChI is InChI=1S/C12H18N4O/c1-8-11(14-7-15-12(8)17-2)16-5-9-3-13-4-10(9)6-16/h7,9-10,13H,3-6H2,1-2H3/t9-,10+. The summed E-state index contributed by atoms with van der Waals surface area (Å²) < 4.78 is 5.25. The van der Waals surface area contributed by atoms with Crippen molar-refractivity contribution in [3.05, 3.63) is 11.9 Å². The lowest BCUT2D eigenvalue weighted by Gasteiger charge is -2.20. The maximum Gasteiger partial charge on any atom is 0.221 e. The van der Waals surface area contributed by atoms with Gasteiger partial charge in [-0.25, -0.2) is 9.97 Å². The first-order valence-electron chi connectivity index (χ1n) is 6.11. The lowest BCUT2D eigenvalue weighted by Crippen LogP contribution is -2.27. The van der Waals surface area contributed by atoms with Crippen molar-refractivity contribution in [3.63, 3.8) is 0 Å². The van der Waals surface area contributed by atoms with Gasteiger partial charge in [-0.15, -0.1) is 0 Å². The topological polar surface area (TPSA) is 50.3 Å². The van der Waals surface area contributed by atoms with Crippen LogP contribution in [0.25, 0.3) is 0 Å². The quantitative estimate of drug-likeness (QED) is 0.805. The fourth-order valence-corrected chi connectivity index (χ4v) is 2.98. The van der Waals surface area contributed by atoms with Gasteiger partial charge in [-0.05, 0) is 18.8 Å². The van der Waals surface area contributed by atoms with Gasteiger partial charge in [0.25, 0.3) is 0 Å². The summed E-state index contributed by atoms with van der Waals surface area (Å²) in [4.78, 5) is 10.9. The number of hydrogen-bond acceptors (Lipinski definition) is 5. The third-order valence-corrected chi connectivity index (χ3v) is 3.89. The van der Waals surface area contributed by atoms with Crippen LogP contribution < -0.4 is 15.0 Å². The molecule has 0 aliphatic carbocycles. The Bertz CT molecular complexity index is 411. The fraction of sp³-hybridized carbons (Fsp3) is 0.667. The van der Waals surface area contributed by atoms with Gasteiger partial charge in [0, 0.05) is 26.2 Å². The zero-order chi connectivity index (χ0) is 11.8. The number of nitrogens with zero attached hydrogens (tertiary/aromatic N) is 3. The van der Waals surface area contributed by atoms with Crippen LogP contribution in [0.1, 0.15) is 5.56 Å². The summed E-state index contributed by atoms with van der Waals surface area (Å²) in [6.07, 6.45) is 1.59. The smallest absolute Gasteiger partial charge is 0.221 e. The Kier molecular flexibility index (Phi) is 2.63. The third kappa shape index (κ3) is 1.74. The molecule has 92 valence electrons. The number of nitrogens with one attached hydrogen (secondary N) is 1. The molecular weight excluding hydrogens is 216 g/mol. The highest BCUT2D eigenvalue weighted by atomic mass is 16.5. The SMILES string of the molecule is COc1ncnc(N2C[C@H]3CNC[C@H]3C2)c1C. The van der Waals surface area contributed by atoms with E-state index >= 15 is 0 Å². The van der Waals surface area contributed by atoms with Gasteiger partial charge < -0.3 is 15.0 Å². The van der Waals surface area contributed by atoms with E-state index in [1.807, 2.05) is 6.92 Å². The lowest BCUT2D eigenvalue weighted by atomic mass is 10.0. The van der Waals surface area contributed by atoms with Crippen molar-refractivity contribution in [2.75, 3.05) is 38.2 Å². The molecule has 3 rings (SSSR count). The summed E-state index contributed by atoms with van der Waals surface area (Å²) in [5.41, 5.74) is 1.04. The second-order valence-electron chi connectivity index (χ2n) is 4.91. The molecule has 1 aromatic heterocycles. The van der Waals surface area contributed by atoms with Crippen LogP contribution in [0.15, 0.2) is 6.33 Å².